The molecule has 0 atom stereocenters. The Balaban J connectivity index is 3.14. The molecule has 0 spiro atoms. The van der Waals surface area contributed by atoms with Crippen LogP contribution in [0.3, 0.4) is 0 Å². The lowest BCUT2D eigenvalue weighted by atomic mass is 10.1. The van der Waals surface area contributed by atoms with Gasteiger partial charge in [-0.3, -0.25) is 0 Å². The molecule has 1 aromatic carbocycles. The maximum atomic E-state index is 11.0. The normalized spacial score (nSPS) is 8.61. The van der Waals surface area contributed by atoms with Crippen LogP contribution in [0.1, 0.15) is 10.4 Å². The summed E-state index contributed by atoms with van der Waals surface area (Å²) in [5, 5.41) is 28.7. The van der Waals surface area contributed by atoms with Crippen LogP contribution in [-0.2, 0) is 0 Å². The molecular formula is C12H9N3O3. The van der Waals surface area contributed by atoms with Gasteiger partial charge in [-0.15, -0.1) is 0 Å². The number of anilines is 1. The maximum Gasteiger partial charge on any atom is 0.337 e. The SMILES string of the molecule is COc1ccc(C(=O)O)c(NC=C(C#N)C#N)c1. The van der Waals surface area contributed by atoms with Gasteiger partial charge in [-0.2, -0.15) is 10.5 Å². The Morgan fingerprint density at radius 3 is 2.61 bits per heavy atom. The van der Waals surface area contributed by atoms with Gasteiger partial charge < -0.3 is 15.2 Å². The zero-order valence-electron chi connectivity index (χ0n) is 9.47. The number of aromatic carboxylic acids is 1. The van der Waals surface area contributed by atoms with Crippen molar-refractivity contribution in [3.63, 3.8) is 0 Å². The molecule has 0 radical (unpaired) electrons. The highest BCUT2D eigenvalue weighted by molar-refractivity contribution is 5.94. The number of methoxy groups -OCH3 is 1. The predicted octanol–water partition coefficient (Wildman–Crippen LogP) is 1.74. The number of nitrogens with zero attached hydrogens (tertiary/aromatic N) is 2. The van der Waals surface area contributed by atoms with E-state index in [2.05, 4.69) is 5.32 Å². The molecule has 0 amide bonds. The van der Waals surface area contributed by atoms with E-state index in [9.17, 15) is 4.79 Å². The van der Waals surface area contributed by atoms with Crippen molar-refractivity contribution in [2.75, 3.05) is 12.4 Å². The van der Waals surface area contributed by atoms with Crippen molar-refractivity contribution in [3.05, 3.63) is 35.5 Å². The Morgan fingerprint density at radius 1 is 1.44 bits per heavy atom. The summed E-state index contributed by atoms with van der Waals surface area (Å²) in [5.74, 6) is -0.657. The molecule has 2 N–H and O–H groups in total. The standard InChI is InChI=1S/C12H9N3O3/c1-18-9-2-3-10(12(16)17)11(4-9)15-7-8(5-13)6-14/h2-4,7,15H,1H3,(H,16,17). The molecule has 18 heavy (non-hydrogen) atoms. The summed E-state index contributed by atoms with van der Waals surface area (Å²) >= 11 is 0. The van der Waals surface area contributed by atoms with Gasteiger partial charge in [-0.25, -0.2) is 4.79 Å². The summed E-state index contributed by atoms with van der Waals surface area (Å²) in [6.45, 7) is 0. The van der Waals surface area contributed by atoms with Crippen LogP contribution in [0.4, 0.5) is 5.69 Å². The molecule has 90 valence electrons. The van der Waals surface area contributed by atoms with Gasteiger partial charge in [-0.1, -0.05) is 0 Å². The summed E-state index contributed by atoms with van der Waals surface area (Å²) < 4.78 is 4.97. The zero-order chi connectivity index (χ0) is 13.5. The van der Waals surface area contributed by atoms with Gasteiger partial charge >= 0.3 is 5.97 Å². The Morgan fingerprint density at radius 2 is 2.11 bits per heavy atom. The zero-order valence-corrected chi connectivity index (χ0v) is 9.47. The number of allylic oxidation sites excluding steroid dienone is 1. The highest BCUT2D eigenvalue weighted by Gasteiger charge is 2.10. The summed E-state index contributed by atoms with van der Waals surface area (Å²) in [5.41, 5.74) is 0.0984. The highest BCUT2D eigenvalue weighted by atomic mass is 16.5. The van der Waals surface area contributed by atoms with Gasteiger partial charge in [0.2, 0.25) is 0 Å². The third-order valence-electron chi connectivity index (χ3n) is 2.07. The lowest BCUT2D eigenvalue weighted by Gasteiger charge is -2.08. The maximum absolute atomic E-state index is 11.0. The quantitative estimate of drug-likeness (QED) is 0.780. The molecule has 6 nitrogen and oxygen atoms in total. The van der Waals surface area contributed by atoms with Crippen molar-refractivity contribution in [2.24, 2.45) is 0 Å². The monoisotopic (exact) mass is 243 g/mol. The summed E-state index contributed by atoms with van der Waals surface area (Å²) in [6, 6.07) is 7.66. The molecule has 0 heterocycles. The van der Waals surface area contributed by atoms with Crippen molar-refractivity contribution in [2.45, 2.75) is 0 Å². The largest absolute Gasteiger partial charge is 0.497 e. The molecule has 0 saturated carbocycles. The lowest BCUT2D eigenvalue weighted by Crippen LogP contribution is -2.03. The molecule has 1 aromatic rings. The Labute approximate surface area is 103 Å². The minimum atomic E-state index is -1.12. The second-order valence-corrected chi connectivity index (χ2v) is 3.14. The van der Waals surface area contributed by atoms with E-state index in [1.165, 1.54) is 25.3 Å². The van der Waals surface area contributed by atoms with E-state index in [0.717, 1.165) is 6.20 Å². The van der Waals surface area contributed by atoms with Crippen molar-refractivity contribution in [1.82, 2.24) is 0 Å². The molecule has 0 saturated heterocycles. The Bertz CT molecular complexity index is 563. The fourth-order valence-electron chi connectivity index (χ4n) is 1.20. The lowest BCUT2D eigenvalue weighted by molar-refractivity contribution is 0.0698. The topological polar surface area (TPSA) is 106 Å². The number of carboxylic acid groups (broad SMARTS) is 1. The first-order chi connectivity index (χ1) is 8.62. The molecule has 0 aliphatic heterocycles. The van der Waals surface area contributed by atoms with Gasteiger partial charge in [0.25, 0.3) is 0 Å². The second kappa shape index (κ2) is 5.92. The number of hydrogen-bond acceptors (Lipinski definition) is 5. The van der Waals surface area contributed by atoms with Crippen LogP contribution in [0.15, 0.2) is 30.0 Å². The van der Waals surface area contributed by atoms with Gasteiger partial charge in [0.05, 0.1) is 18.4 Å². The van der Waals surface area contributed by atoms with Crippen LogP contribution in [0.2, 0.25) is 0 Å². The van der Waals surface area contributed by atoms with Crippen LogP contribution in [0, 0.1) is 22.7 Å². The third-order valence-corrected chi connectivity index (χ3v) is 2.07. The van der Waals surface area contributed by atoms with Gasteiger partial charge in [-0.05, 0) is 12.1 Å². The van der Waals surface area contributed by atoms with Crippen LogP contribution >= 0.6 is 0 Å². The third kappa shape index (κ3) is 3.00. The van der Waals surface area contributed by atoms with Crippen LogP contribution < -0.4 is 10.1 Å². The van der Waals surface area contributed by atoms with Gasteiger partial charge in [0.15, 0.2) is 0 Å². The van der Waals surface area contributed by atoms with E-state index in [0.29, 0.717) is 5.75 Å². The molecule has 0 aliphatic carbocycles. The van der Waals surface area contributed by atoms with Gasteiger partial charge in [0, 0.05) is 12.3 Å². The summed E-state index contributed by atoms with van der Waals surface area (Å²) in [6.07, 6.45) is 1.14. The Kier molecular flexibility index (Phi) is 4.30. The smallest absolute Gasteiger partial charge is 0.337 e. The molecule has 1 rings (SSSR count). The Hall–Kier alpha value is -2.99. The van der Waals surface area contributed by atoms with Crippen molar-refractivity contribution in [1.29, 1.82) is 10.5 Å². The minimum Gasteiger partial charge on any atom is -0.497 e. The molecule has 0 fully saturated rings. The molecular weight excluding hydrogens is 234 g/mol. The van der Waals surface area contributed by atoms with Gasteiger partial charge in [0.1, 0.15) is 23.5 Å². The van der Waals surface area contributed by atoms with Crippen molar-refractivity contribution >= 4 is 11.7 Å². The first kappa shape index (κ1) is 13.1. The number of benzene rings is 1. The summed E-state index contributed by atoms with van der Waals surface area (Å²) in [4.78, 5) is 11.0. The minimum absolute atomic E-state index is 0.0160. The number of hydrogen-bond donors (Lipinski definition) is 2. The summed E-state index contributed by atoms with van der Waals surface area (Å²) in [7, 11) is 1.45. The number of rotatable bonds is 4. The van der Waals surface area contributed by atoms with Crippen LogP contribution in [0.5, 0.6) is 5.75 Å². The highest BCUT2D eigenvalue weighted by Crippen LogP contribution is 2.22. The average Bonchev–Trinajstić information content (AvgIpc) is 2.39. The number of carboxylic acids is 1. The average molecular weight is 243 g/mol. The molecule has 0 aromatic heterocycles. The van der Waals surface area contributed by atoms with E-state index in [4.69, 9.17) is 20.4 Å². The molecule has 6 heteroatoms. The van der Waals surface area contributed by atoms with Crippen LogP contribution in [-0.4, -0.2) is 18.2 Å². The number of nitriles is 2. The number of nitrogens with one attached hydrogen (secondary N) is 1. The molecule has 0 aliphatic rings. The fraction of sp³-hybridized carbons (Fsp3) is 0.0833. The van der Waals surface area contributed by atoms with Crippen LogP contribution in [0.25, 0.3) is 0 Å². The van der Waals surface area contributed by atoms with E-state index in [-0.39, 0.29) is 16.8 Å². The second-order valence-electron chi connectivity index (χ2n) is 3.14. The van der Waals surface area contributed by atoms with E-state index in [1.54, 1.807) is 12.1 Å². The predicted molar refractivity (Wildman–Crippen MR) is 62.9 cm³/mol. The van der Waals surface area contributed by atoms with E-state index in [1.807, 2.05) is 0 Å². The van der Waals surface area contributed by atoms with Crippen molar-refractivity contribution in [3.8, 4) is 17.9 Å². The molecule has 0 unspecified atom stereocenters. The first-order valence-electron chi connectivity index (χ1n) is 4.80. The number of ether oxygens (including phenoxy) is 1. The molecule has 0 bridgehead atoms. The van der Waals surface area contributed by atoms with Crippen molar-refractivity contribution < 1.29 is 14.6 Å². The first-order valence-corrected chi connectivity index (χ1v) is 4.80. The van der Waals surface area contributed by atoms with E-state index >= 15 is 0 Å². The van der Waals surface area contributed by atoms with E-state index < -0.39 is 5.97 Å². The fourth-order valence-corrected chi connectivity index (χ4v) is 1.20. The number of carbonyl (C=O) groups is 1.